The Bertz CT molecular complexity index is 228. The van der Waals surface area contributed by atoms with Crippen molar-refractivity contribution in [1.82, 2.24) is 0 Å². The maximum Gasteiger partial charge on any atom is 0.000324 e. The Morgan fingerprint density at radius 2 is 2.12 bits per heavy atom. The predicted molar refractivity (Wildman–Crippen MR) is 77.1 cm³/mol. The number of thioether (sulfide) groups is 1. The van der Waals surface area contributed by atoms with Crippen LogP contribution in [-0.2, 0) is 0 Å². The van der Waals surface area contributed by atoms with Crippen LogP contribution in [0, 0.1) is 11.3 Å². The summed E-state index contributed by atoms with van der Waals surface area (Å²) in [5, 5.41) is 0. The molecule has 0 aliphatic heterocycles. The Morgan fingerprint density at radius 3 is 2.75 bits per heavy atom. The van der Waals surface area contributed by atoms with Gasteiger partial charge >= 0.3 is 0 Å². The molecule has 0 bridgehead atoms. The van der Waals surface area contributed by atoms with Gasteiger partial charge in [0.15, 0.2) is 0 Å². The summed E-state index contributed by atoms with van der Waals surface area (Å²) < 4.78 is 0. The van der Waals surface area contributed by atoms with Crippen LogP contribution in [0.2, 0.25) is 0 Å². The first-order chi connectivity index (χ1) is 7.58. The van der Waals surface area contributed by atoms with E-state index in [0.29, 0.717) is 5.41 Å². The Kier molecular flexibility index (Phi) is 5.96. The topological polar surface area (TPSA) is 0 Å². The first-order valence-corrected chi connectivity index (χ1v) is 7.98. The molecule has 1 aliphatic carbocycles. The van der Waals surface area contributed by atoms with Gasteiger partial charge in [0.25, 0.3) is 0 Å². The number of hydrogen-bond acceptors (Lipinski definition) is 1. The summed E-state index contributed by atoms with van der Waals surface area (Å²) in [5.74, 6) is 3.50. The molecule has 0 nitrogen and oxygen atoms in total. The molecule has 0 aromatic rings. The van der Waals surface area contributed by atoms with Gasteiger partial charge in [0.1, 0.15) is 0 Å². The van der Waals surface area contributed by atoms with Crippen molar-refractivity contribution in [2.75, 3.05) is 11.5 Å². The molecule has 0 amide bonds. The third-order valence-electron chi connectivity index (χ3n) is 3.92. The van der Waals surface area contributed by atoms with Gasteiger partial charge in [0, 0.05) is 5.75 Å². The van der Waals surface area contributed by atoms with Crippen LogP contribution in [0.25, 0.3) is 0 Å². The summed E-state index contributed by atoms with van der Waals surface area (Å²) in [4.78, 5) is 0. The van der Waals surface area contributed by atoms with Gasteiger partial charge in [-0.2, -0.15) is 11.8 Å². The monoisotopic (exact) mass is 240 g/mol. The molecule has 1 heteroatoms. The zero-order valence-electron chi connectivity index (χ0n) is 11.5. The molecular formula is C15H28S. The van der Waals surface area contributed by atoms with Gasteiger partial charge in [0.05, 0.1) is 0 Å². The molecule has 1 rings (SSSR count). The maximum absolute atomic E-state index is 2.46. The van der Waals surface area contributed by atoms with E-state index in [2.05, 4.69) is 45.5 Å². The van der Waals surface area contributed by atoms with Crippen LogP contribution in [0.4, 0.5) is 0 Å². The van der Waals surface area contributed by atoms with Crippen LogP contribution in [0.15, 0.2) is 11.6 Å². The zero-order chi connectivity index (χ0) is 12.0. The summed E-state index contributed by atoms with van der Waals surface area (Å²) >= 11 is 2.16. The fraction of sp³-hybridized carbons (Fsp3) is 0.867. The highest BCUT2D eigenvalue weighted by atomic mass is 32.2. The van der Waals surface area contributed by atoms with Crippen molar-refractivity contribution >= 4 is 11.8 Å². The normalized spacial score (nSPS) is 24.2. The maximum atomic E-state index is 2.46. The molecule has 0 fully saturated rings. The van der Waals surface area contributed by atoms with E-state index < -0.39 is 0 Å². The van der Waals surface area contributed by atoms with Crippen LogP contribution >= 0.6 is 11.8 Å². The smallest absolute Gasteiger partial charge is 0.000324 e. The van der Waals surface area contributed by atoms with Gasteiger partial charge in [-0.05, 0) is 43.3 Å². The highest BCUT2D eigenvalue weighted by Gasteiger charge is 2.32. The van der Waals surface area contributed by atoms with Crippen LogP contribution in [0.3, 0.4) is 0 Å². The van der Waals surface area contributed by atoms with Gasteiger partial charge in [-0.15, -0.1) is 0 Å². The minimum absolute atomic E-state index is 0.524. The third kappa shape index (κ3) is 4.16. The van der Waals surface area contributed by atoms with Gasteiger partial charge in [-0.25, -0.2) is 0 Å². The summed E-state index contributed by atoms with van der Waals surface area (Å²) in [7, 11) is 0. The lowest BCUT2D eigenvalue weighted by molar-refractivity contribution is 0.235. The first kappa shape index (κ1) is 14.2. The number of hydrogen-bond donors (Lipinski definition) is 0. The Labute approximate surface area is 106 Å². The SMILES string of the molecule is CCCCCSCC1C(C)=CCCC1(C)C. The van der Waals surface area contributed by atoms with Crippen LogP contribution in [-0.4, -0.2) is 11.5 Å². The second-order valence-electron chi connectivity index (χ2n) is 5.81. The van der Waals surface area contributed by atoms with E-state index in [1.165, 1.54) is 43.6 Å². The van der Waals surface area contributed by atoms with Crippen molar-refractivity contribution < 1.29 is 0 Å². The predicted octanol–water partition coefficient (Wildman–Crippen LogP) is 5.29. The zero-order valence-corrected chi connectivity index (χ0v) is 12.3. The van der Waals surface area contributed by atoms with Gasteiger partial charge in [-0.3, -0.25) is 0 Å². The number of unbranched alkanes of at least 4 members (excludes halogenated alkanes) is 2. The van der Waals surface area contributed by atoms with Gasteiger partial charge < -0.3 is 0 Å². The van der Waals surface area contributed by atoms with E-state index in [0.717, 1.165) is 5.92 Å². The minimum Gasteiger partial charge on any atom is -0.161 e. The van der Waals surface area contributed by atoms with Crippen LogP contribution in [0.5, 0.6) is 0 Å². The van der Waals surface area contributed by atoms with Crippen molar-refractivity contribution in [2.24, 2.45) is 11.3 Å². The van der Waals surface area contributed by atoms with E-state index in [1.54, 1.807) is 5.57 Å². The summed E-state index contributed by atoms with van der Waals surface area (Å²) in [6.07, 6.45) is 9.25. The Balaban J connectivity index is 2.33. The molecule has 0 aromatic heterocycles. The highest BCUT2D eigenvalue weighted by Crippen LogP contribution is 2.42. The van der Waals surface area contributed by atoms with E-state index in [4.69, 9.17) is 0 Å². The molecule has 0 spiro atoms. The molecule has 0 aromatic carbocycles. The summed E-state index contributed by atoms with van der Waals surface area (Å²) in [6.45, 7) is 9.50. The molecule has 94 valence electrons. The Morgan fingerprint density at radius 1 is 1.38 bits per heavy atom. The van der Waals surface area contributed by atoms with Gasteiger partial charge in [0.2, 0.25) is 0 Å². The molecule has 0 saturated carbocycles. The molecule has 0 radical (unpaired) electrons. The summed E-state index contributed by atoms with van der Waals surface area (Å²) in [5.41, 5.74) is 2.16. The average molecular weight is 240 g/mol. The van der Waals surface area contributed by atoms with E-state index in [-0.39, 0.29) is 0 Å². The average Bonchev–Trinajstić information content (AvgIpc) is 2.21. The quantitative estimate of drug-likeness (QED) is 0.449. The fourth-order valence-electron chi connectivity index (χ4n) is 2.62. The molecule has 16 heavy (non-hydrogen) atoms. The van der Waals surface area contributed by atoms with Gasteiger partial charge in [-0.1, -0.05) is 45.3 Å². The van der Waals surface area contributed by atoms with E-state index in [9.17, 15) is 0 Å². The van der Waals surface area contributed by atoms with Crippen molar-refractivity contribution in [3.8, 4) is 0 Å². The molecule has 1 unspecified atom stereocenters. The molecule has 1 atom stereocenters. The van der Waals surface area contributed by atoms with Crippen molar-refractivity contribution in [3.05, 3.63) is 11.6 Å². The lowest BCUT2D eigenvalue weighted by Crippen LogP contribution is -2.29. The molecule has 0 heterocycles. The van der Waals surface area contributed by atoms with Crippen molar-refractivity contribution in [1.29, 1.82) is 0 Å². The lowest BCUT2D eigenvalue weighted by atomic mass is 9.70. The second-order valence-corrected chi connectivity index (χ2v) is 6.96. The van der Waals surface area contributed by atoms with E-state index in [1.807, 2.05) is 0 Å². The minimum atomic E-state index is 0.524. The molecule has 0 saturated heterocycles. The highest BCUT2D eigenvalue weighted by molar-refractivity contribution is 7.99. The first-order valence-electron chi connectivity index (χ1n) is 6.82. The molecule has 1 aliphatic rings. The van der Waals surface area contributed by atoms with Crippen molar-refractivity contribution in [2.45, 2.75) is 59.8 Å². The number of allylic oxidation sites excluding steroid dienone is 2. The third-order valence-corrected chi connectivity index (χ3v) is 5.07. The van der Waals surface area contributed by atoms with Crippen molar-refractivity contribution in [3.63, 3.8) is 0 Å². The Hall–Kier alpha value is 0.0900. The lowest BCUT2D eigenvalue weighted by Gasteiger charge is -2.38. The standard InChI is InChI=1S/C15H28S/c1-5-6-7-11-16-12-14-13(2)9-8-10-15(14,3)4/h9,14H,5-8,10-12H2,1-4H3. The summed E-state index contributed by atoms with van der Waals surface area (Å²) in [6, 6.07) is 0. The van der Waals surface area contributed by atoms with E-state index >= 15 is 0 Å². The van der Waals surface area contributed by atoms with Crippen LogP contribution < -0.4 is 0 Å². The second kappa shape index (κ2) is 6.74. The molecular weight excluding hydrogens is 212 g/mol. The van der Waals surface area contributed by atoms with Crippen LogP contribution in [0.1, 0.15) is 59.8 Å². The fourth-order valence-corrected chi connectivity index (χ4v) is 4.14. The molecule has 0 N–H and O–H groups in total. The number of rotatable bonds is 6. The largest absolute Gasteiger partial charge is 0.161 e.